The first kappa shape index (κ1) is 13.0. The van der Waals surface area contributed by atoms with Crippen molar-refractivity contribution < 1.29 is 9.53 Å². The van der Waals surface area contributed by atoms with Crippen LogP contribution in [0.5, 0.6) is 0 Å². The fourth-order valence-electron chi connectivity index (χ4n) is 0.760. The van der Waals surface area contributed by atoms with Crippen LogP contribution in [0, 0.1) is 0 Å². The van der Waals surface area contributed by atoms with Crippen molar-refractivity contribution in [2.45, 2.75) is 26.7 Å². The summed E-state index contributed by atoms with van der Waals surface area (Å²) in [6.45, 7) is 5.33. The molecular weight excluding hydrogens is 180 g/mol. The second kappa shape index (κ2) is 8.56. The molecule has 0 unspecified atom stereocenters. The van der Waals surface area contributed by atoms with Crippen LogP contribution in [0.1, 0.15) is 26.7 Å². The number of carbonyl (C=O) groups excluding carboxylic acids is 1. The molecule has 4 heteroatoms. The van der Waals surface area contributed by atoms with Gasteiger partial charge in [0.15, 0.2) is 0 Å². The zero-order valence-electron chi connectivity index (χ0n) is 9.22. The van der Waals surface area contributed by atoms with Crippen LogP contribution in [-0.2, 0) is 4.74 Å². The van der Waals surface area contributed by atoms with Crippen molar-refractivity contribution in [2.75, 3.05) is 20.3 Å². The number of urea groups is 1. The highest BCUT2D eigenvalue weighted by molar-refractivity contribution is 5.74. The van der Waals surface area contributed by atoms with Crippen LogP contribution < -0.4 is 10.6 Å². The van der Waals surface area contributed by atoms with E-state index in [0.717, 1.165) is 18.4 Å². The number of nitrogens with one attached hydrogen (secondary N) is 2. The number of methoxy groups -OCH3 is 1. The molecule has 82 valence electrons. The number of ether oxygens (including phenoxy) is 1. The van der Waals surface area contributed by atoms with Crippen LogP contribution in [0.2, 0.25) is 0 Å². The Morgan fingerprint density at radius 3 is 2.79 bits per heavy atom. The molecule has 0 aliphatic carbocycles. The summed E-state index contributed by atoms with van der Waals surface area (Å²) in [5.74, 6) is 0. The maximum absolute atomic E-state index is 11.1. The van der Waals surface area contributed by atoms with Gasteiger partial charge in [-0.3, -0.25) is 0 Å². The highest BCUT2D eigenvalue weighted by atomic mass is 16.5. The molecule has 0 saturated heterocycles. The zero-order valence-corrected chi connectivity index (χ0v) is 9.22. The van der Waals surface area contributed by atoms with E-state index in [0.29, 0.717) is 13.2 Å². The fraction of sp³-hybridized carbons (Fsp3) is 0.700. The largest absolute Gasteiger partial charge is 0.385 e. The van der Waals surface area contributed by atoms with Gasteiger partial charge in [-0.2, -0.15) is 0 Å². The molecule has 0 aromatic carbocycles. The van der Waals surface area contributed by atoms with Crippen LogP contribution in [0.15, 0.2) is 11.8 Å². The molecule has 0 aromatic heterocycles. The van der Waals surface area contributed by atoms with Crippen LogP contribution in [0.4, 0.5) is 4.79 Å². The number of carbonyl (C=O) groups is 1. The lowest BCUT2D eigenvalue weighted by Gasteiger charge is -2.04. The van der Waals surface area contributed by atoms with Gasteiger partial charge in [0.2, 0.25) is 0 Å². The van der Waals surface area contributed by atoms with Gasteiger partial charge >= 0.3 is 6.03 Å². The first-order valence-corrected chi connectivity index (χ1v) is 4.89. The molecule has 0 rings (SSSR count). The summed E-state index contributed by atoms with van der Waals surface area (Å²) in [6.07, 6.45) is 3.51. The molecule has 0 aliphatic heterocycles. The maximum atomic E-state index is 11.1. The van der Waals surface area contributed by atoms with Crippen molar-refractivity contribution in [1.29, 1.82) is 0 Å². The molecule has 0 spiro atoms. The normalized spacial score (nSPS) is 11.2. The van der Waals surface area contributed by atoms with Crippen LogP contribution in [0.25, 0.3) is 0 Å². The Morgan fingerprint density at radius 1 is 1.50 bits per heavy atom. The van der Waals surface area contributed by atoms with E-state index >= 15 is 0 Å². The highest BCUT2D eigenvalue weighted by Gasteiger charge is 1.95. The van der Waals surface area contributed by atoms with Gasteiger partial charge in [0.05, 0.1) is 0 Å². The molecule has 0 bridgehead atoms. The molecular formula is C10H20N2O2. The summed E-state index contributed by atoms with van der Waals surface area (Å²) in [6, 6.07) is -0.158. The van der Waals surface area contributed by atoms with Crippen molar-refractivity contribution in [3.63, 3.8) is 0 Å². The fourth-order valence-corrected chi connectivity index (χ4v) is 0.760. The van der Waals surface area contributed by atoms with Gasteiger partial charge in [0.1, 0.15) is 0 Å². The molecule has 0 atom stereocenters. The third-order valence-electron chi connectivity index (χ3n) is 1.82. The third-order valence-corrected chi connectivity index (χ3v) is 1.82. The van der Waals surface area contributed by atoms with Crippen molar-refractivity contribution in [1.82, 2.24) is 10.6 Å². The third kappa shape index (κ3) is 7.61. The summed E-state index contributed by atoms with van der Waals surface area (Å²) < 4.78 is 4.86. The van der Waals surface area contributed by atoms with Gasteiger partial charge in [-0.25, -0.2) is 4.79 Å². The van der Waals surface area contributed by atoms with E-state index in [2.05, 4.69) is 10.6 Å². The van der Waals surface area contributed by atoms with Crippen LogP contribution >= 0.6 is 0 Å². The molecule has 2 N–H and O–H groups in total. The Hall–Kier alpha value is -1.03. The van der Waals surface area contributed by atoms with E-state index in [1.165, 1.54) is 0 Å². The molecule has 0 aliphatic rings. The molecule has 0 aromatic rings. The topological polar surface area (TPSA) is 50.4 Å². The van der Waals surface area contributed by atoms with Gasteiger partial charge in [0, 0.05) is 26.5 Å². The first-order chi connectivity index (χ1) is 6.70. The lowest BCUT2D eigenvalue weighted by atomic mass is 10.3. The number of hydrogen-bond acceptors (Lipinski definition) is 2. The zero-order chi connectivity index (χ0) is 10.8. The molecule has 0 heterocycles. The maximum Gasteiger partial charge on any atom is 0.318 e. The molecule has 0 radical (unpaired) electrons. The van der Waals surface area contributed by atoms with E-state index in [1.54, 1.807) is 13.3 Å². The quantitative estimate of drug-likeness (QED) is 0.640. The van der Waals surface area contributed by atoms with E-state index in [1.807, 2.05) is 13.8 Å². The monoisotopic (exact) mass is 200 g/mol. The highest BCUT2D eigenvalue weighted by Crippen LogP contribution is 1.94. The smallest absolute Gasteiger partial charge is 0.318 e. The molecule has 4 nitrogen and oxygen atoms in total. The molecule has 0 saturated carbocycles. The Morgan fingerprint density at radius 2 is 2.21 bits per heavy atom. The number of hydrogen-bond donors (Lipinski definition) is 2. The first-order valence-electron chi connectivity index (χ1n) is 4.89. The Balaban J connectivity index is 3.46. The summed E-state index contributed by atoms with van der Waals surface area (Å²) in [5, 5.41) is 5.38. The van der Waals surface area contributed by atoms with Crippen molar-refractivity contribution in [2.24, 2.45) is 0 Å². The predicted octanol–water partition coefficient (Wildman–Crippen LogP) is 1.64. The van der Waals surface area contributed by atoms with E-state index < -0.39 is 0 Å². The van der Waals surface area contributed by atoms with Gasteiger partial charge in [-0.15, -0.1) is 0 Å². The minimum atomic E-state index is -0.158. The molecule has 14 heavy (non-hydrogen) atoms. The van der Waals surface area contributed by atoms with Gasteiger partial charge in [-0.1, -0.05) is 12.5 Å². The van der Waals surface area contributed by atoms with Crippen molar-refractivity contribution in [3.05, 3.63) is 11.8 Å². The van der Waals surface area contributed by atoms with Crippen molar-refractivity contribution >= 4 is 6.03 Å². The second-order valence-electron chi connectivity index (χ2n) is 3.09. The van der Waals surface area contributed by atoms with Crippen molar-refractivity contribution in [3.8, 4) is 0 Å². The predicted molar refractivity (Wildman–Crippen MR) is 57.1 cm³/mol. The summed E-state index contributed by atoms with van der Waals surface area (Å²) in [4.78, 5) is 11.1. The van der Waals surface area contributed by atoms with Crippen LogP contribution in [0.3, 0.4) is 0 Å². The second-order valence-corrected chi connectivity index (χ2v) is 3.09. The van der Waals surface area contributed by atoms with E-state index in [9.17, 15) is 4.79 Å². The number of allylic oxidation sites excluding steroid dienone is 1. The Bertz CT molecular complexity index is 191. The summed E-state index contributed by atoms with van der Waals surface area (Å²) in [7, 11) is 1.65. The lowest BCUT2D eigenvalue weighted by Crippen LogP contribution is -2.33. The van der Waals surface area contributed by atoms with Gasteiger partial charge in [-0.05, 0) is 19.8 Å². The number of amides is 2. The molecule has 2 amide bonds. The number of rotatable bonds is 6. The minimum Gasteiger partial charge on any atom is -0.385 e. The standard InChI is InChI=1S/C10H20N2O2/c1-4-9(2)8-12-10(13)11-6-5-7-14-3/h8H,4-7H2,1-3H3,(H2,11,12,13)/b9-8+. The average Bonchev–Trinajstić information content (AvgIpc) is 2.21. The summed E-state index contributed by atoms with van der Waals surface area (Å²) in [5.41, 5.74) is 1.15. The van der Waals surface area contributed by atoms with E-state index in [-0.39, 0.29) is 6.03 Å². The SMILES string of the molecule is CC/C(C)=C/NC(=O)NCCCOC. The average molecular weight is 200 g/mol. The lowest BCUT2D eigenvalue weighted by molar-refractivity contribution is 0.193. The van der Waals surface area contributed by atoms with Gasteiger partial charge in [0.25, 0.3) is 0 Å². The minimum absolute atomic E-state index is 0.158. The Labute approximate surface area is 85.7 Å². The Kier molecular flexibility index (Phi) is 7.93. The van der Waals surface area contributed by atoms with E-state index in [4.69, 9.17) is 4.74 Å². The van der Waals surface area contributed by atoms with Gasteiger partial charge < -0.3 is 15.4 Å². The van der Waals surface area contributed by atoms with Crippen LogP contribution in [-0.4, -0.2) is 26.3 Å². The summed E-state index contributed by atoms with van der Waals surface area (Å²) >= 11 is 0. The molecule has 0 fully saturated rings.